The van der Waals surface area contributed by atoms with Crippen LogP contribution in [0.1, 0.15) is 30.1 Å². The molecule has 7 heteroatoms. The Bertz CT molecular complexity index is 1440. The summed E-state index contributed by atoms with van der Waals surface area (Å²) < 4.78 is 34.4. The Morgan fingerprint density at radius 2 is 1.68 bits per heavy atom. The van der Waals surface area contributed by atoms with E-state index >= 15 is 0 Å². The van der Waals surface area contributed by atoms with Gasteiger partial charge in [0.15, 0.2) is 5.75 Å². The topological polar surface area (TPSA) is 60.3 Å². The standard InChI is InChI=1S/C27H22F2N2O3/c1-16-25(34-27(33)30-24(17-9-10-17)18-5-4-6-20(29)15-18)22-7-2-3-8-23(22)26(32)31(16)21-13-11-19(28)12-14-21/h2-8,11-15,17,24H,9-10H2,1H3,(H,30,33)/t24-/m0/s1. The molecule has 5 rings (SSSR count). The molecule has 0 saturated heterocycles. The average Bonchev–Trinajstić information content (AvgIpc) is 3.67. The van der Waals surface area contributed by atoms with Gasteiger partial charge in [-0.05, 0) is 73.7 Å². The van der Waals surface area contributed by atoms with Crippen molar-refractivity contribution in [1.29, 1.82) is 0 Å². The molecule has 1 aromatic heterocycles. The number of hydrogen-bond acceptors (Lipinski definition) is 3. The van der Waals surface area contributed by atoms with Crippen molar-refractivity contribution in [3.63, 3.8) is 0 Å². The first kappa shape index (κ1) is 21.8. The van der Waals surface area contributed by atoms with Crippen molar-refractivity contribution >= 4 is 16.9 Å². The fraction of sp³-hybridized carbons (Fsp3) is 0.185. The van der Waals surface area contributed by atoms with E-state index in [1.54, 1.807) is 43.3 Å². The molecule has 0 unspecified atom stereocenters. The van der Waals surface area contributed by atoms with E-state index in [0.29, 0.717) is 27.7 Å². The molecule has 172 valence electrons. The van der Waals surface area contributed by atoms with Crippen molar-refractivity contribution in [3.05, 3.63) is 106 Å². The maximum Gasteiger partial charge on any atom is 0.413 e. The third-order valence-electron chi connectivity index (χ3n) is 6.12. The van der Waals surface area contributed by atoms with Crippen molar-refractivity contribution < 1.29 is 18.3 Å². The Morgan fingerprint density at radius 3 is 2.35 bits per heavy atom. The number of carbonyl (C=O) groups is 1. The number of fused-ring (bicyclic) bond motifs is 1. The van der Waals surface area contributed by atoms with Crippen LogP contribution in [0, 0.1) is 24.5 Å². The van der Waals surface area contributed by atoms with Crippen molar-refractivity contribution in [2.45, 2.75) is 25.8 Å². The fourth-order valence-corrected chi connectivity index (χ4v) is 4.32. The Kier molecular flexibility index (Phi) is 5.61. The number of nitrogens with zero attached hydrogens (tertiary/aromatic N) is 1. The van der Waals surface area contributed by atoms with Gasteiger partial charge in [0.1, 0.15) is 11.6 Å². The van der Waals surface area contributed by atoms with Crippen molar-refractivity contribution in [3.8, 4) is 11.4 Å². The van der Waals surface area contributed by atoms with Crippen LogP contribution in [0.25, 0.3) is 16.5 Å². The van der Waals surface area contributed by atoms with Gasteiger partial charge < -0.3 is 10.1 Å². The summed E-state index contributed by atoms with van der Waals surface area (Å²) in [6.45, 7) is 1.67. The predicted octanol–water partition coefficient (Wildman–Crippen LogP) is 5.82. The molecule has 1 atom stereocenters. The molecule has 0 bridgehead atoms. The van der Waals surface area contributed by atoms with Crippen molar-refractivity contribution in [2.75, 3.05) is 0 Å². The van der Waals surface area contributed by atoms with Crippen LogP contribution in [0.3, 0.4) is 0 Å². The third-order valence-corrected chi connectivity index (χ3v) is 6.12. The Hall–Kier alpha value is -4.00. The molecule has 1 fully saturated rings. The first-order chi connectivity index (χ1) is 16.4. The highest BCUT2D eigenvalue weighted by Gasteiger charge is 2.34. The number of hydrogen-bond donors (Lipinski definition) is 1. The summed E-state index contributed by atoms with van der Waals surface area (Å²) >= 11 is 0. The number of nitrogens with one attached hydrogen (secondary N) is 1. The van der Waals surface area contributed by atoms with Crippen LogP contribution >= 0.6 is 0 Å². The second kappa shape index (κ2) is 8.74. The maximum atomic E-state index is 13.8. The molecule has 5 nitrogen and oxygen atoms in total. The van der Waals surface area contributed by atoms with E-state index in [1.807, 2.05) is 0 Å². The number of pyridine rings is 1. The monoisotopic (exact) mass is 460 g/mol. The summed E-state index contributed by atoms with van der Waals surface area (Å²) in [7, 11) is 0. The van der Waals surface area contributed by atoms with Crippen LogP contribution in [0.15, 0.2) is 77.6 Å². The zero-order chi connectivity index (χ0) is 23.8. The van der Waals surface area contributed by atoms with E-state index in [2.05, 4.69) is 5.32 Å². The van der Waals surface area contributed by atoms with Gasteiger partial charge in [-0.1, -0.05) is 30.3 Å². The van der Waals surface area contributed by atoms with Gasteiger partial charge in [0.25, 0.3) is 5.56 Å². The summed E-state index contributed by atoms with van der Waals surface area (Å²) in [6, 6.07) is 18.2. The molecule has 0 radical (unpaired) electrons. The van der Waals surface area contributed by atoms with E-state index in [4.69, 9.17) is 4.74 Å². The molecule has 4 aromatic rings. The minimum Gasteiger partial charge on any atom is -0.408 e. The van der Waals surface area contributed by atoms with E-state index < -0.39 is 11.9 Å². The number of amides is 1. The summed E-state index contributed by atoms with van der Waals surface area (Å²) in [5.74, 6) is -0.354. The summed E-state index contributed by atoms with van der Waals surface area (Å²) in [5, 5.41) is 3.74. The lowest BCUT2D eigenvalue weighted by Crippen LogP contribution is -2.33. The minimum atomic E-state index is -0.696. The second-order valence-electron chi connectivity index (χ2n) is 8.48. The van der Waals surface area contributed by atoms with Crippen molar-refractivity contribution in [2.24, 2.45) is 5.92 Å². The normalized spacial score (nSPS) is 14.1. The van der Waals surface area contributed by atoms with Crippen LogP contribution in [-0.2, 0) is 0 Å². The Balaban J connectivity index is 1.53. The molecular formula is C27H22F2N2O3. The lowest BCUT2D eigenvalue weighted by atomic mass is 10.0. The lowest BCUT2D eigenvalue weighted by molar-refractivity contribution is 0.194. The molecule has 1 aliphatic rings. The minimum absolute atomic E-state index is 0.209. The second-order valence-corrected chi connectivity index (χ2v) is 8.48. The van der Waals surface area contributed by atoms with Gasteiger partial charge in [-0.3, -0.25) is 9.36 Å². The van der Waals surface area contributed by atoms with Gasteiger partial charge in [-0.2, -0.15) is 0 Å². The highest BCUT2D eigenvalue weighted by atomic mass is 19.1. The molecule has 34 heavy (non-hydrogen) atoms. The molecular weight excluding hydrogens is 438 g/mol. The van der Waals surface area contributed by atoms with E-state index in [9.17, 15) is 18.4 Å². The van der Waals surface area contributed by atoms with Gasteiger partial charge in [-0.15, -0.1) is 0 Å². The van der Waals surface area contributed by atoms with E-state index in [-0.39, 0.29) is 29.1 Å². The van der Waals surface area contributed by atoms with Crippen LogP contribution in [0.2, 0.25) is 0 Å². The molecule has 1 heterocycles. The number of aromatic nitrogens is 1. The van der Waals surface area contributed by atoms with E-state index in [0.717, 1.165) is 12.8 Å². The van der Waals surface area contributed by atoms with Gasteiger partial charge in [0, 0.05) is 11.1 Å². The zero-order valence-corrected chi connectivity index (χ0v) is 18.4. The highest BCUT2D eigenvalue weighted by Crippen LogP contribution is 2.41. The number of benzene rings is 3. The molecule has 1 aliphatic carbocycles. The summed E-state index contributed by atoms with van der Waals surface area (Å²) in [6.07, 6.45) is 1.16. The number of carbonyl (C=O) groups excluding carboxylic acids is 1. The van der Waals surface area contributed by atoms with Gasteiger partial charge in [-0.25, -0.2) is 13.6 Å². The van der Waals surface area contributed by atoms with Gasteiger partial charge >= 0.3 is 6.09 Å². The molecule has 0 aliphatic heterocycles. The smallest absolute Gasteiger partial charge is 0.408 e. The zero-order valence-electron chi connectivity index (χ0n) is 18.4. The molecule has 3 aromatic carbocycles. The van der Waals surface area contributed by atoms with Crippen molar-refractivity contribution in [1.82, 2.24) is 9.88 Å². The quantitative estimate of drug-likeness (QED) is 0.408. The fourth-order valence-electron chi connectivity index (χ4n) is 4.32. The van der Waals surface area contributed by atoms with Gasteiger partial charge in [0.2, 0.25) is 0 Å². The summed E-state index contributed by atoms with van der Waals surface area (Å²) in [4.78, 5) is 26.3. The number of ether oxygens (including phenoxy) is 1. The highest BCUT2D eigenvalue weighted by molar-refractivity contribution is 5.91. The van der Waals surface area contributed by atoms with Crippen LogP contribution in [-0.4, -0.2) is 10.7 Å². The Morgan fingerprint density at radius 1 is 0.971 bits per heavy atom. The number of halogens is 2. The molecule has 0 spiro atoms. The third kappa shape index (κ3) is 4.17. The van der Waals surface area contributed by atoms with Gasteiger partial charge in [0.05, 0.1) is 17.1 Å². The SMILES string of the molecule is Cc1c(OC(=O)N[C@H](c2cccc(F)c2)C2CC2)c2ccccc2c(=O)n1-c1ccc(F)cc1. The first-order valence-corrected chi connectivity index (χ1v) is 11.1. The predicted molar refractivity (Wildman–Crippen MR) is 125 cm³/mol. The average molecular weight is 460 g/mol. The first-order valence-electron chi connectivity index (χ1n) is 11.1. The van der Waals surface area contributed by atoms with E-state index in [1.165, 1.54) is 41.0 Å². The van der Waals surface area contributed by atoms with Crippen LogP contribution < -0.4 is 15.6 Å². The summed E-state index contributed by atoms with van der Waals surface area (Å²) in [5.41, 5.74) is 1.23. The maximum absolute atomic E-state index is 13.8. The molecule has 1 N–H and O–H groups in total. The number of rotatable bonds is 5. The molecule has 1 amide bonds. The lowest BCUT2D eigenvalue weighted by Gasteiger charge is -2.21. The Labute approximate surface area is 194 Å². The molecule has 1 saturated carbocycles. The largest absolute Gasteiger partial charge is 0.413 e. The van der Waals surface area contributed by atoms with Crippen LogP contribution in [0.4, 0.5) is 13.6 Å². The van der Waals surface area contributed by atoms with Crippen LogP contribution in [0.5, 0.6) is 5.75 Å².